The van der Waals surface area contributed by atoms with E-state index in [4.69, 9.17) is 16.6 Å². The molecule has 3 aromatic rings. The second-order valence-corrected chi connectivity index (χ2v) is 7.02. The first-order chi connectivity index (χ1) is 11.7. The Morgan fingerprint density at radius 2 is 2.00 bits per heavy atom. The fourth-order valence-corrected chi connectivity index (χ4v) is 3.73. The molecule has 3 nitrogen and oxygen atoms in total. The summed E-state index contributed by atoms with van der Waals surface area (Å²) in [7, 11) is 0. The molecule has 1 aromatic heterocycles. The molecular formula is C19H19ClN2OS. The number of halogens is 1. The molecule has 0 saturated carbocycles. The third-order valence-electron chi connectivity index (χ3n) is 3.82. The van der Waals surface area contributed by atoms with Crippen LogP contribution in [-0.4, -0.2) is 9.55 Å². The molecule has 0 aliphatic carbocycles. The SMILES string of the molecule is CCCCn1c(SCc2cccc(Cl)c2)nc2ccccc2c1=O. The minimum absolute atomic E-state index is 0.0441. The van der Waals surface area contributed by atoms with Crippen molar-refractivity contribution in [2.45, 2.75) is 37.2 Å². The summed E-state index contributed by atoms with van der Waals surface area (Å²) in [5.74, 6) is 0.734. The highest BCUT2D eigenvalue weighted by Crippen LogP contribution is 2.23. The Hall–Kier alpha value is -1.78. The minimum Gasteiger partial charge on any atom is -0.287 e. The molecule has 0 N–H and O–H groups in total. The number of aromatic nitrogens is 2. The van der Waals surface area contributed by atoms with Crippen LogP contribution in [0.3, 0.4) is 0 Å². The van der Waals surface area contributed by atoms with Gasteiger partial charge in [0, 0.05) is 17.3 Å². The number of para-hydroxylation sites is 1. The molecule has 0 aliphatic heterocycles. The predicted octanol–water partition coefficient (Wildman–Crippen LogP) is 5.14. The summed E-state index contributed by atoms with van der Waals surface area (Å²) in [6.45, 7) is 2.82. The smallest absolute Gasteiger partial charge is 0.262 e. The minimum atomic E-state index is 0.0441. The standard InChI is InChI=1S/C19H19ClN2OS/c1-2-3-11-22-18(23)16-9-4-5-10-17(16)21-19(22)24-13-14-7-6-8-15(20)12-14/h4-10,12H,2-3,11,13H2,1H3. The van der Waals surface area contributed by atoms with Gasteiger partial charge in [-0.25, -0.2) is 4.98 Å². The van der Waals surface area contributed by atoms with E-state index in [0.29, 0.717) is 11.9 Å². The van der Waals surface area contributed by atoms with Gasteiger partial charge in [-0.3, -0.25) is 9.36 Å². The molecule has 24 heavy (non-hydrogen) atoms. The molecular weight excluding hydrogens is 340 g/mol. The van der Waals surface area contributed by atoms with Crippen LogP contribution < -0.4 is 5.56 Å². The van der Waals surface area contributed by atoms with Crippen molar-refractivity contribution < 1.29 is 0 Å². The van der Waals surface area contributed by atoms with Gasteiger partial charge in [0.15, 0.2) is 5.16 Å². The highest BCUT2D eigenvalue weighted by Gasteiger charge is 2.11. The number of hydrogen-bond donors (Lipinski definition) is 0. The van der Waals surface area contributed by atoms with E-state index < -0.39 is 0 Å². The molecule has 0 radical (unpaired) electrons. The number of rotatable bonds is 6. The summed E-state index contributed by atoms with van der Waals surface area (Å²) in [6, 6.07) is 15.3. The predicted molar refractivity (Wildman–Crippen MR) is 102 cm³/mol. The van der Waals surface area contributed by atoms with Crippen LogP contribution in [0, 0.1) is 0 Å². The maximum atomic E-state index is 12.8. The van der Waals surface area contributed by atoms with Crippen molar-refractivity contribution in [3.63, 3.8) is 0 Å². The number of fused-ring (bicyclic) bond motifs is 1. The third-order valence-corrected chi connectivity index (χ3v) is 5.10. The maximum absolute atomic E-state index is 12.8. The van der Waals surface area contributed by atoms with Crippen LogP contribution in [0.1, 0.15) is 25.3 Å². The summed E-state index contributed by atoms with van der Waals surface area (Å²) in [5, 5.41) is 2.18. The van der Waals surface area contributed by atoms with E-state index in [-0.39, 0.29) is 5.56 Å². The first kappa shape index (κ1) is 17.1. The van der Waals surface area contributed by atoms with Crippen molar-refractivity contribution in [3.05, 3.63) is 69.5 Å². The Bertz CT molecular complexity index is 907. The molecule has 0 atom stereocenters. The van der Waals surface area contributed by atoms with Gasteiger partial charge in [-0.05, 0) is 36.2 Å². The van der Waals surface area contributed by atoms with Crippen LogP contribution in [0.15, 0.2) is 58.5 Å². The summed E-state index contributed by atoms with van der Waals surface area (Å²) in [6.07, 6.45) is 2.00. The monoisotopic (exact) mass is 358 g/mol. The van der Waals surface area contributed by atoms with Crippen LogP contribution in [0.2, 0.25) is 5.02 Å². The summed E-state index contributed by atoms with van der Waals surface area (Å²) < 4.78 is 1.81. The quantitative estimate of drug-likeness (QED) is 0.452. The second-order valence-electron chi connectivity index (χ2n) is 5.64. The molecule has 2 aromatic carbocycles. The van der Waals surface area contributed by atoms with E-state index in [2.05, 4.69) is 6.92 Å². The van der Waals surface area contributed by atoms with Crippen LogP contribution in [0.4, 0.5) is 0 Å². The Morgan fingerprint density at radius 3 is 2.79 bits per heavy atom. The van der Waals surface area contributed by atoms with Crippen molar-refractivity contribution in [1.82, 2.24) is 9.55 Å². The zero-order valence-corrected chi connectivity index (χ0v) is 15.1. The number of unbranched alkanes of at least 4 members (excludes halogenated alkanes) is 1. The summed E-state index contributed by atoms with van der Waals surface area (Å²) in [4.78, 5) is 17.5. The van der Waals surface area contributed by atoms with Gasteiger partial charge in [-0.15, -0.1) is 0 Å². The fraction of sp³-hybridized carbons (Fsp3) is 0.263. The Morgan fingerprint density at radius 1 is 1.17 bits per heavy atom. The zero-order valence-electron chi connectivity index (χ0n) is 13.5. The maximum Gasteiger partial charge on any atom is 0.262 e. The largest absolute Gasteiger partial charge is 0.287 e. The van der Waals surface area contributed by atoms with E-state index in [9.17, 15) is 4.79 Å². The van der Waals surface area contributed by atoms with Crippen molar-refractivity contribution >= 4 is 34.3 Å². The third kappa shape index (κ3) is 3.82. The first-order valence-electron chi connectivity index (χ1n) is 8.06. The van der Waals surface area contributed by atoms with Gasteiger partial charge in [0.25, 0.3) is 5.56 Å². The lowest BCUT2D eigenvalue weighted by Gasteiger charge is -2.12. The van der Waals surface area contributed by atoms with E-state index in [1.165, 1.54) is 0 Å². The molecule has 0 amide bonds. The number of benzene rings is 2. The first-order valence-corrected chi connectivity index (χ1v) is 9.42. The van der Waals surface area contributed by atoms with Crippen LogP contribution >= 0.6 is 23.4 Å². The normalized spacial score (nSPS) is 11.1. The van der Waals surface area contributed by atoms with Crippen molar-refractivity contribution in [3.8, 4) is 0 Å². The van der Waals surface area contributed by atoms with Crippen LogP contribution in [0.25, 0.3) is 10.9 Å². The molecule has 0 spiro atoms. The molecule has 5 heteroatoms. The van der Waals surface area contributed by atoms with Gasteiger partial charge in [0.2, 0.25) is 0 Å². The van der Waals surface area contributed by atoms with E-state index in [0.717, 1.165) is 39.9 Å². The average Bonchev–Trinajstić information content (AvgIpc) is 2.59. The molecule has 0 bridgehead atoms. The summed E-state index contributed by atoms with van der Waals surface area (Å²) in [5.41, 5.74) is 1.92. The van der Waals surface area contributed by atoms with E-state index in [1.807, 2.05) is 48.5 Å². The Labute approximate surface area is 150 Å². The van der Waals surface area contributed by atoms with Crippen LogP contribution in [-0.2, 0) is 12.3 Å². The Balaban J connectivity index is 1.96. The lowest BCUT2D eigenvalue weighted by Crippen LogP contribution is -2.23. The van der Waals surface area contributed by atoms with Crippen LogP contribution in [0.5, 0.6) is 0 Å². The number of nitrogens with zero attached hydrogens (tertiary/aromatic N) is 2. The molecule has 0 fully saturated rings. The molecule has 0 unspecified atom stereocenters. The Kier molecular flexibility index (Phi) is 5.59. The number of hydrogen-bond acceptors (Lipinski definition) is 3. The molecule has 3 rings (SSSR count). The highest BCUT2D eigenvalue weighted by atomic mass is 35.5. The number of thioether (sulfide) groups is 1. The van der Waals surface area contributed by atoms with Gasteiger partial charge >= 0.3 is 0 Å². The molecule has 124 valence electrons. The van der Waals surface area contributed by atoms with Crippen molar-refractivity contribution in [2.24, 2.45) is 0 Å². The van der Waals surface area contributed by atoms with Gasteiger partial charge in [0.1, 0.15) is 0 Å². The van der Waals surface area contributed by atoms with E-state index >= 15 is 0 Å². The van der Waals surface area contributed by atoms with Crippen molar-refractivity contribution in [2.75, 3.05) is 0 Å². The van der Waals surface area contributed by atoms with Gasteiger partial charge in [-0.1, -0.05) is 61.0 Å². The molecule has 1 heterocycles. The molecule has 0 saturated heterocycles. The fourth-order valence-electron chi connectivity index (χ4n) is 2.55. The molecule has 0 aliphatic rings. The lowest BCUT2D eigenvalue weighted by molar-refractivity contribution is 0.557. The lowest BCUT2D eigenvalue weighted by atomic mass is 10.2. The van der Waals surface area contributed by atoms with Gasteiger partial charge in [0.05, 0.1) is 10.9 Å². The van der Waals surface area contributed by atoms with Crippen molar-refractivity contribution in [1.29, 1.82) is 0 Å². The van der Waals surface area contributed by atoms with Gasteiger partial charge in [-0.2, -0.15) is 0 Å². The summed E-state index contributed by atoms with van der Waals surface area (Å²) >= 11 is 7.63. The second kappa shape index (κ2) is 7.86. The van der Waals surface area contributed by atoms with E-state index in [1.54, 1.807) is 16.3 Å². The zero-order chi connectivity index (χ0) is 16.9. The average molecular weight is 359 g/mol. The topological polar surface area (TPSA) is 34.9 Å². The van der Waals surface area contributed by atoms with Gasteiger partial charge < -0.3 is 0 Å². The highest BCUT2D eigenvalue weighted by molar-refractivity contribution is 7.98.